The highest BCUT2D eigenvalue weighted by Gasteiger charge is 2.18. The fourth-order valence-electron chi connectivity index (χ4n) is 2.01. The molecule has 1 fully saturated rings. The third-order valence-corrected chi connectivity index (χ3v) is 2.94. The maximum absolute atomic E-state index is 7.74. The van der Waals surface area contributed by atoms with E-state index in [1.807, 2.05) is 23.1 Å². The van der Waals surface area contributed by atoms with E-state index in [1.54, 1.807) is 0 Å². The molecule has 6 nitrogen and oxygen atoms in total. The first-order chi connectivity index (χ1) is 8.66. The molecule has 1 aromatic carbocycles. The molecular weight excluding hydrogens is 264 g/mol. The van der Waals surface area contributed by atoms with Crippen LogP contribution in [0.1, 0.15) is 0 Å². The molecule has 0 radical (unpaired) electrons. The molecule has 1 aliphatic rings. The molecule has 0 bridgehead atoms. The van der Waals surface area contributed by atoms with Gasteiger partial charge < -0.3 is 21.3 Å². The van der Waals surface area contributed by atoms with Gasteiger partial charge in [-0.15, -0.1) is 12.4 Å². The number of nitrogens with two attached hydrogens (primary N) is 2. The van der Waals surface area contributed by atoms with Crippen molar-refractivity contribution in [3.8, 4) is 0 Å². The number of para-hydroxylation sites is 1. The van der Waals surface area contributed by atoms with Gasteiger partial charge in [-0.3, -0.25) is 5.41 Å². The van der Waals surface area contributed by atoms with Crippen molar-refractivity contribution < 1.29 is 0 Å². The Balaban J connectivity index is 0.00000180. The zero-order valence-corrected chi connectivity index (χ0v) is 11.4. The van der Waals surface area contributed by atoms with Gasteiger partial charge in [0, 0.05) is 31.9 Å². The number of guanidine groups is 2. The summed E-state index contributed by atoms with van der Waals surface area (Å²) >= 11 is 0. The van der Waals surface area contributed by atoms with Crippen LogP contribution in [-0.4, -0.2) is 43.0 Å². The first kappa shape index (κ1) is 15.1. The van der Waals surface area contributed by atoms with E-state index in [0.717, 1.165) is 26.2 Å². The van der Waals surface area contributed by atoms with Gasteiger partial charge in [0.1, 0.15) is 0 Å². The predicted molar refractivity (Wildman–Crippen MR) is 81.0 cm³/mol. The molecule has 0 aromatic heterocycles. The Bertz CT molecular complexity index is 435. The summed E-state index contributed by atoms with van der Waals surface area (Å²) in [4.78, 5) is 7.93. The highest BCUT2D eigenvalue weighted by molar-refractivity contribution is 5.91. The van der Waals surface area contributed by atoms with Crippen molar-refractivity contribution in [2.45, 2.75) is 0 Å². The average molecular weight is 283 g/mol. The first-order valence-corrected chi connectivity index (χ1v) is 5.90. The Morgan fingerprint density at radius 1 is 1.05 bits per heavy atom. The summed E-state index contributed by atoms with van der Waals surface area (Å²) in [5, 5.41) is 7.74. The van der Waals surface area contributed by atoms with Gasteiger partial charge in [-0.25, -0.2) is 0 Å². The Hall–Kier alpha value is -1.95. The molecule has 1 saturated heterocycles. The van der Waals surface area contributed by atoms with E-state index in [-0.39, 0.29) is 24.3 Å². The van der Waals surface area contributed by atoms with Crippen LogP contribution in [0.3, 0.4) is 0 Å². The van der Waals surface area contributed by atoms with Crippen LogP contribution in [-0.2, 0) is 0 Å². The van der Waals surface area contributed by atoms with Gasteiger partial charge in [-0.1, -0.05) is 18.2 Å². The van der Waals surface area contributed by atoms with Crippen LogP contribution in [0.5, 0.6) is 0 Å². The smallest absolute Gasteiger partial charge is 0.221 e. The molecular formula is C12H19ClN6. The lowest BCUT2D eigenvalue weighted by molar-refractivity contribution is 0.380. The lowest BCUT2D eigenvalue weighted by Gasteiger charge is -2.36. The van der Waals surface area contributed by atoms with Gasteiger partial charge in [0.05, 0.1) is 0 Å². The van der Waals surface area contributed by atoms with Crippen molar-refractivity contribution in [3.05, 3.63) is 30.3 Å². The summed E-state index contributed by atoms with van der Waals surface area (Å²) in [6, 6.07) is 10.3. The Morgan fingerprint density at radius 2 is 1.63 bits per heavy atom. The number of nitrogens with one attached hydrogen (secondary N) is 1. The fourth-order valence-corrected chi connectivity index (χ4v) is 2.01. The van der Waals surface area contributed by atoms with Crippen molar-refractivity contribution in [2.24, 2.45) is 16.5 Å². The SMILES string of the molecule is Cl.N=C(N=C(N)N)N1CCN(c2ccccc2)CC1. The van der Waals surface area contributed by atoms with Gasteiger partial charge >= 0.3 is 0 Å². The topological polar surface area (TPSA) is 94.7 Å². The number of piperazine rings is 1. The van der Waals surface area contributed by atoms with Gasteiger partial charge in [-0.2, -0.15) is 4.99 Å². The molecule has 104 valence electrons. The minimum Gasteiger partial charge on any atom is -0.370 e. The predicted octanol–water partition coefficient (Wildman–Crippen LogP) is 0.439. The Labute approximate surface area is 119 Å². The standard InChI is InChI=1S/C12H18N6.ClH/c13-11(14)16-12(15)18-8-6-17(7-9-18)10-4-2-1-3-5-10;/h1-5H,6-9H2,(H5,13,14,15,16);1H. The quantitative estimate of drug-likeness (QED) is 0.514. The largest absolute Gasteiger partial charge is 0.370 e. The number of rotatable bonds is 1. The first-order valence-electron chi connectivity index (χ1n) is 5.90. The van der Waals surface area contributed by atoms with Gasteiger partial charge in [-0.05, 0) is 12.1 Å². The van der Waals surface area contributed by atoms with Crippen molar-refractivity contribution in [1.82, 2.24) is 4.90 Å². The van der Waals surface area contributed by atoms with Crippen LogP contribution in [0.25, 0.3) is 0 Å². The number of hydrogen-bond donors (Lipinski definition) is 3. The van der Waals surface area contributed by atoms with Crippen LogP contribution in [0.4, 0.5) is 5.69 Å². The third-order valence-electron chi connectivity index (χ3n) is 2.94. The van der Waals surface area contributed by atoms with Crippen LogP contribution < -0.4 is 16.4 Å². The maximum Gasteiger partial charge on any atom is 0.221 e. The molecule has 0 atom stereocenters. The molecule has 0 aliphatic carbocycles. The van der Waals surface area contributed by atoms with Crippen LogP contribution in [0.15, 0.2) is 35.3 Å². The number of hydrogen-bond acceptors (Lipinski definition) is 2. The monoisotopic (exact) mass is 282 g/mol. The molecule has 0 amide bonds. The number of halogens is 1. The van der Waals surface area contributed by atoms with E-state index < -0.39 is 0 Å². The summed E-state index contributed by atoms with van der Waals surface area (Å²) in [7, 11) is 0. The van der Waals surface area contributed by atoms with Crippen molar-refractivity contribution in [1.29, 1.82) is 5.41 Å². The van der Waals surface area contributed by atoms with Gasteiger partial charge in [0.2, 0.25) is 5.96 Å². The van der Waals surface area contributed by atoms with Gasteiger partial charge in [0.25, 0.3) is 0 Å². The van der Waals surface area contributed by atoms with E-state index in [1.165, 1.54) is 5.69 Å². The van der Waals surface area contributed by atoms with Crippen LogP contribution >= 0.6 is 12.4 Å². The highest BCUT2D eigenvalue weighted by atomic mass is 35.5. The molecule has 0 unspecified atom stereocenters. The normalized spacial score (nSPS) is 14.5. The molecule has 2 rings (SSSR count). The fraction of sp³-hybridized carbons (Fsp3) is 0.333. The zero-order valence-electron chi connectivity index (χ0n) is 10.6. The third kappa shape index (κ3) is 4.03. The second-order valence-electron chi connectivity index (χ2n) is 4.17. The molecule has 0 saturated carbocycles. The highest BCUT2D eigenvalue weighted by Crippen LogP contribution is 2.15. The van der Waals surface area contributed by atoms with E-state index in [2.05, 4.69) is 22.0 Å². The van der Waals surface area contributed by atoms with Crippen molar-refractivity contribution in [3.63, 3.8) is 0 Å². The van der Waals surface area contributed by atoms with Crippen LogP contribution in [0, 0.1) is 5.41 Å². The van der Waals surface area contributed by atoms with Gasteiger partial charge in [0.15, 0.2) is 5.96 Å². The lowest BCUT2D eigenvalue weighted by atomic mass is 10.2. The molecule has 7 heteroatoms. The van der Waals surface area contributed by atoms with E-state index in [4.69, 9.17) is 16.9 Å². The van der Waals surface area contributed by atoms with Crippen LogP contribution in [0.2, 0.25) is 0 Å². The van der Waals surface area contributed by atoms with E-state index in [0.29, 0.717) is 0 Å². The number of anilines is 1. The second-order valence-corrected chi connectivity index (χ2v) is 4.17. The Kier molecular flexibility index (Phi) is 5.44. The minimum atomic E-state index is -0.0644. The minimum absolute atomic E-state index is 0. The molecule has 5 N–H and O–H groups in total. The average Bonchev–Trinajstić information content (AvgIpc) is 2.39. The second kappa shape index (κ2) is 6.84. The van der Waals surface area contributed by atoms with Crippen molar-refractivity contribution >= 4 is 30.0 Å². The summed E-state index contributed by atoms with van der Waals surface area (Å²) in [6.07, 6.45) is 0. The molecule has 0 spiro atoms. The molecule has 1 heterocycles. The van der Waals surface area contributed by atoms with E-state index >= 15 is 0 Å². The molecule has 1 aromatic rings. The lowest BCUT2D eigenvalue weighted by Crippen LogP contribution is -2.48. The summed E-state index contributed by atoms with van der Waals surface area (Å²) in [6.45, 7) is 3.24. The zero-order chi connectivity index (χ0) is 13.0. The summed E-state index contributed by atoms with van der Waals surface area (Å²) in [5.74, 6) is 0.0770. The van der Waals surface area contributed by atoms with Crippen molar-refractivity contribution in [2.75, 3.05) is 31.1 Å². The molecule has 19 heavy (non-hydrogen) atoms. The maximum atomic E-state index is 7.74. The number of benzene rings is 1. The summed E-state index contributed by atoms with van der Waals surface area (Å²) < 4.78 is 0. The number of nitrogens with zero attached hydrogens (tertiary/aromatic N) is 3. The summed E-state index contributed by atoms with van der Waals surface area (Å²) in [5.41, 5.74) is 11.7. The Morgan fingerprint density at radius 3 is 2.16 bits per heavy atom. The van der Waals surface area contributed by atoms with E-state index in [9.17, 15) is 0 Å². The number of aliphatic imine (C=N–C) groups is 1. The molecule has 1 aliphatic heterocycles.